The molecule has 31 heavy (non-hydrogen) atoms. The normalized spacial score (nSPS) is 41.8. The van der Waals surface area contributed by atoms with Gasteiger partial charge in [-0.05, 0) is 112 Å². The first-order chi connectivity index (χ1) is 14.3. The van der Waals surface area contributed by atoms with Gasteiger partial charge in [-0.1, -0.05) is 26.3 Å². The van der Waals surface area contributed by atoms with Crippen LogP contribution in [0.25, 0.3) is 0 Å². The van der Waals surface area contributed by atoms with Crippen LogP contribution in [-0.4, -0.2) is 22.4 Å². The van der Waals surface area contributed by atoms with Gasteiger partial charge in [-0.15, -0.1) is 0 Å². The van der Waals surface area contributed by atoms with Crippen LogP contribution in [0, 0.1) is 40.4 Å². The van der Waals surface area contributed by atoms with Crippen molar-refractivity contribution in [2.75, 3.05) is 0 Å². The zero-order chi connectivity index (χ0) is 22.8. The van der Waals surface area contributed by atoms with Crippen LogP contribution in [0.3, 0.4) is 0 Å². The van der Waals surface area contributed by atoms with Crippen LogP contribution in [0.4, 0.5) is 8.78 Å². The minimum Gasteiger partial charge on any atom is -0.384 e. The topological polar surface area (TPSA) is 37.3 Å². The summed E-state index contributed by atoms with van der Waals surface area (Å²) in [6.07, 6.45) is 10.9. The number of fused-ring (bicyclic) bond motifs is 5. The fraction of sp³-hybridized carbons (Fsp3) is 0.889. The van der Waals surface area contributed by atoms with E-state index >= 15 is 0 Å². The maximum absolute atomic E-state index is 14.4. The Morgan fingerprint density at radius 2 is 1.81 bits per heavy atom. The number of allylic oxidation sites excluding steroid dienone is 1. The number of hydrogen-bond acceptors (Lipinski definition) is 2. The summed E-state index contributed by atoms with van der Waals surface area (Å²) < 4.78 is 28.8. The van der Waals surface area contributed by atoms with Crippen molar-refractivity contribution < 1.29 is 18.7 Å². The van der Waals surface area contributed by atoms with Crippen molar-refractivity contribution in [1.82, 2.24) is 0 Å². The van der Waals surface area contributed by atoms with Crippen molar-refractivity contribution in [3.63, 3.8) is 0 Å². The number of carbonyl (C=O) groups excluding carboxylic acids is 1. The maximum atomic E-state index is 14.4. The Labute approximate surface area is 187 Å². The first-order valence-electron chi connectivity index (χ1n) is 12.6. The predicted molar refractivity (Wildman–Crippen MR) is 120 cm³/mol. The molecular formula is C27H42F2O2. The lowest BCUT2D eigenvalue weighted by molar-refractivity contribution is -0.168. The van der Waals surface area contributed by atoms with E-state index in [1.54, 1.807) is 0 Å². The highest BCUT2D eigenvalue weighted by molar-refractivity contribution is 5.91. The Morgan fingerprint density at radius 1 is 1.10 bits per heavy atom. The van der Waals surface area contributed by atoms with Gasteiger partial charge < -0.3 is 5.11 Å². The SMILES string of the molecule is C[C@H](CCC(F)(F)C(C)(C)O)[C@H]1CC[C@H]2[C@@H]3CCC4=CC(=O)CC[C@]4(C)[C@H]3CC[C@]12C. The Bertz CT molecular complexity index is 751. The highest BCUT2D eigenvalue weighted by atomic mass is 19.3. The molecule has 1 N–H and O–H groups in total. The molecule has 3 fully saturated rings. The molecule has 0 saturated heterocycles. The van der Waals surface area contributed by atoms with Gasteiger partial charge in [0.05, 0.1) is 0 Å². The highest BCUT2D eigenvalue weighted by Gasteiger charge is 2.59. The Morgan fingerprint density at radius 3 is 2.48 bits per heavy atom. The van der Waals surface area contributed by atoms with Crippen molar-refractivity contribution in [3.8, 4) is 0 Å². The molecule has 0 aliphatic heterocycles. The van der Waals surface area contributed by atoms with E-state index in [4.69, 9.17) is 0 Å². The summed E-state index contributed by atoms with van der Waals surface area (Å²) >= 11 is 0. The summed E-state index contributed by atoms with van der Waals surface area (Å²) in [5.74, 6) is 0.0808. The summed E-state index contributed by atoms with van der Waals surface area (Å²) in [5, 5.41) is 9.85. The van der Waals surface area contributed by atoms with Crippen LogP contribution in [-0.2, 0) is 4.79 Å². The molecule has 0 aromatic rings. The maximum Gasteiger partial charge on any atom is 0.275 e. The molecule has 0 radical (unpaired) electrons. The van der Waals surface area contributed by atoms with Crippen LogP contribution in [0.1, 0.15) is 98.8 Å². The number of rotatable bonds is 5. The number of halogens is 2. The Kier molecular flexibility index (Phi) is 5.76. The number of carbonyl (C=O) groups is 1. The van der Waals surface area contributed by atoms with Crippen molar-refractivity contribution in [3.05, 3.63) is 11.6 Å². The first-order valence-corrected chi connectivity index (χ1v) is 12.6. The summed E-state index contributed by atoms with van der Waals surface area (Å²) in [4.78, 5) is 12.0. The molecule has 0 heterocycles. The molecule has 4 rings (SSSR count). The summed E-state index contributed by atoms with van der Waals surface area (Å²) in [5.41, 5.74) is -0.120. The summed E-state index contributed by atoms with van der Waals surface area (Å²) in [7, 11) is 0. The van der Waals surface area contributed by atoms with Crippen LogP contribution >= 0.6 is 0 Å². The van der Waals surface area contributed by atoms with E-state index in [1.807, 2.05) is 6.08 Å². The summed E-state index contributed by atoms with van der Waals surface area (Å²) in [6.45, 7) is 9.47. The standard InChI is InChI=1S/C27H42F2O2/c1-17(10-15-27(28,29)24(2,3)31)21-8-9-22-20-7-6-18-16-19(30)11-13-25(18,4)23(20)12-14-26(21,22)5/h16-17,20-23,31H,6-15H2,1-5H3/t17-,20+,21-,22+,23+,25+,26-/m1/s1. The van der Waals surface area contributed by atoms with E-state index in [0.29, 0.717) is 42.3 Å². The van der Waals surface area contributed by atoms with Crippen molar-refractivity contribution in [2.45, 2.75) is 110 Å². The fourth-order valence-electron chi connectivity index (χ4n) is 8.45. The third-order valence-electron chi connectivity index (χ3n) is 10.5. The second-order valence-electron chi connectivity index (χ2n) is 12.5. The third-order valence-corrected chi connectivity index (χ3v) is 10.5. The largest absolute Gasteiger partial charge is 0.384 e. The van der Waals surface area contributed by atoms with Crippen molar-refractivity contribution in [1.29, 1.82) is 0 Å². The molecule has 0 spiro atoms. The zero-order valence-corrected chi connectivity index (χ0v) is 20.1. The van der Waals surface area contributed by atoms with Crippen LogP contribution in [0.2, 0.25) is 0 Å². The molecule has 0 amide bonds. The van der Waals surface area contributed by atoms with Gasteiger partial charge in [-0.25, -0.2) is 8.78 Å². The second kappa shape index (κ2) is 7.64. The van der Waals surface area contributed by atoms with Gasteiger partial charge in [0, 0.05) is 12.8 Å². The predicted octanol–water partition coefficient (Wildman–Crippen LogP) is 6.96. The molecule has 4 aliphatic carbocycles. The van der Waals surface area contributed by atoms with Crippen LogP contribution < -0.4 is 0 Å². The van der Waals surface area contributed by atoms with E-state index < -0.39 is 11.5 Å². The molecule has 0 bridgehead atoms. The number of ketones is 1. The van der Waals surface area contributed by atoms with E-state index in [2.05, 4.69) is 20.8 Å². The molecule has 0 aromatic heterocycles. The number of aliphatic hydroxyl groups is 1. The molecule has 4 heteroatoms. The van der Waals surface area contributed by atoms with Gasteiger partial charge in [0.15, 0.2) is 5.78 Å². The summed E-state index contributed by atoms with van der Waals surface area (Å²) in [6, 6.07) is 0. The molecule has 4 aliphatic rings. The fourth-order valence-corrected chi connectivity index (χ4v) is 8.45. The number of hydrogen-bond donors (Lipinski definition) is 1. The lowest BCUT2D eigenvalue weighted by atomic mass is 9.46. The first kappa shape index (κ1) is 23.4. The Hall–Kier alpha value is -0.770. The van der Waals surface area contributed by atoms with Crippen molar-refractivity contribution in [2.24, 2.45) is 40.4 Å². The molecule has 7 atom stereocenters. The molecule has 0 aromatic carbocycles. The highest BCUT2D eigenvalue weighted by Crippen LogP contribution is 2.67. The lowest BCUT2D eigenvalue weighted by Gasteiger charge is -2.58. The quantitative estimate of drug-likeness (QED) is 0.506. The molecular weight excluding hydrogens is 394 g/mol. The molecule has 176 valence electrons. The smallest absolute Gasteiger partial charge is 0.275 e. The monoisotopic (exact) mass is 436 g/mol. The molecule has 2 nitrogen and oxygen atoms in total. The average molecular weight is 437 g/mol. The lowest BCUT2D eigenvalue weighted by Crippen LogP contribution is -2.51. The van der Waals surface area contributed by atoms with Crippen LogP contribution in [0.15, 0.2) is 11.6 Å². The third kappa shape index (κ3) is 3.73. The number of alkyl halides is 2. The van der Waals surface area contributed by atoms with Gasteiger partial charge in [0.1, 0.15) is 5.60 Å². The van der Waals surface area contributed by atoms with Gasteiger partial charge in [-0.2, -0.15) is 0 Å². The van der Waals surface area contributed by atoms with Gasteiger partial charge in [-0.3, -0.25) is 4.79 Å². The zero-order valence-electron chi connectivity index (χ0n) is 20.1. The van der Waals surface area contributed by atoms with E-state index in [1.165, 1.54) is 45.1 Å². The van der Waals surface area contributed by atoms with Crippen molar-refractivity contribution >= 4 is 5.78 Å². The second-order valence-corrected chi connectivity index (χ2v) is 12.5. The van der Waals surface area contributed by atoms with Gasteiger partial charge in [0.2, 0.25) is 0 Å². The van der Waals surface area contributed by atoms with Gasteiger partial charge in [0.25, 0.3) is 5.92 Å². The molecule has 0 unspecified atom stereocenters. The average Bonchev–Trinajstić information content (AvgIpc) is 3.03. The van der Waals surface area contributed by atoms with Crippen LogP contribution in [0.5, 0.6) is 0 Å². The molecule has 3 saturated carbocycles. The minimum atomic E-state index is -3.04. The Balaban J connectivity index is 1.48. The van der Waals surface area contributed by atoms with E-state index in [0.717, 1.165) is 19.3 Å². The van der Waals surface area contributed by atoms with E-state index in [9.17, 15) is 18.7 Å². The van der Waals surface area contributed by atoms with E-state index in [-0.39, 0.29) is 23.2 Å². The minimum absolute atomic E-state index is 0.191. The van der Waals surface area contributed by atoms with Gasteiger partial charge >= 0.3 is 0 Å².